The van der Waals surface area contributed by atoms with Crippen LogP contribution >= 0.6 is 0 Å². The maximum atomic E-state index is 12.5. The number of para-hydroxylation sites is 1. The Hall–Kier alpha value is -3.60. The lowest BCUT2D eigenvalue weighted by atomic mass is 10.1. The Morgan fingerprint density at radius 1 is 0.862 bits per heavy atom. The molecule has 0 heterocycles. The average Bonchev–Trinajstić information content (AvgIpc) is 2.77. The van der Waals surface area contributed by atoms with Crippen LogP contribution in [0.2, 0.25) is 0 Å². The Morgan fingerprint density at radius 3 is 2.24 bits per heavy atom. The number of benzene rings is 3. The van der Waals surface area contributed by atoms with E-state index in [4.69, 9.17) is 0 Å². The van der Waals surface area contributed by atoms with Crippen molar-refractivity contribution in [3.8, 4) is 0 Å². The lowest BCUT2D eigenvalue weighted by Crippen LogP contribution is -2.33. The molecule has 0 aromatic heterocycles. The molecule has 5 nitrogen and oxygen atoms in total. The van der Waals surface area contributed by atoms with Crippen molar-refractivity contribution in [1.82, 2.24) is 5.32 Å². The van der Waals surface area contributed by atoms with Crippen LogP contribution in [-0.2, 0) is 11.3 Å². The second-order valence-corrected chi connectivity index (χ2v) is 6.65. The van der Waals surface area contributed by atoms with Crippen LogP contribution in [-0.4, -0.2) is 24.9 Å². The predicted octanol–water partition coefficient (Wildman–Crippen LogP) is 4.08. The molecule has 0 unspecified atom stereocenters. The van der Waals surface area contributed by atoms with Gasteiger partial charge in [-0.25, -0.2) is 0 Å². The van der Waals surface area contributed by atoms with Crippen LogP contribution in [0.4, 0.5) is 11.4 Å². The Kier molecular flexibility index (Phi) is 7.00. The second kappa shape index (κ2) is 10.1. The highest BCUT2D eigenvalue weighted by atomic mass is 16.2. The molecule has 0 atom stereocenters. The summed E-state index contributed by atoms with van der Waals surface area (Å²) in [6.07, 6.45) is 0. The molecule has 3 aromatic rings. The minimum absolute atomic E-state index is 0.127. The fraction of sp³-hybridized carbons (Fsp3) is 0.167. The summed E-state index contributed by atoms with van der Waals surface area (Å²) in [5, 5.41) is 5.78. The molecular weight excluding hydrogens is 362 g/mol. The Balaban J connectivity index is 1.58. The van der Waals surface area contributed by atoms with E-state index in [1.54, 1.807) is 24.3 Å². The fourth-order valence-corrected chi connectivity index (χ4v) is 3.02. The summed E-state index contributed by atoms with van der Waals surface area (Å²) in [5.74, 6) is -0.304. The SMILES string of the molecule is CCN(CC(=O)Nc1cccc(C(=O)NCc2ccccc2)c1)c1ccccc1. The summed E-state index contributed by atoms with van der Waals surface area (Å²) >= 11 is 0. The largest absolute Gasteiger partial charge is 0.362 e. The quantitative estimate of drug-likeness (QED) is 0.612. The summed E-state index contributed by atoms with van der Waals surface area (Å²) in [7, 11) is 0. The van der Waals surface area contributed by atoms with Gasteiger partial charge in [-0.3, -0.25) is 9.59 Å². The highest BCUT2D eigenvalue weighted by Crippen LogP contribution is 2.14. The average molecular weight is 387 g/mol. The van der Waals surface area contributed by atoms with Crippen molar-refractivity contribution in [2.75, 3.05) is 23.3 Å². The van der Waals surface area contributed by atoms with E-state index in [9.17, 15) is 9.59 Å². The molecule has 3 rings (SSSR count). The number of carbonyl (C=O) groups excluding carboxylic acids is 2. The Morgan fingerprint density at radius 2 is 1.55 bits per heavy atom. The Labute approximate surface area is 171 Å². The number of amides is 2. The molecule has 0 aliphatic rings. The maximum absolute atomic E-state index is 12.5. The fourth-order valence-electron chi connectivity index (χ4n) is 3.02. The smallest absolute Gasteiger partial charge is 0.251 e. The van der Waals surface area contributed by atoms with Crippen molar-refractivity contribution < 1.29 is 9.59 Å². The van der Waals surface area contributed by atoms with E-state index in [2.05, 4.69) is 10.6 Å². The molecule has 3 aromatic carbocycles. The summed E-state index contributed by atoms with van der Waals surface area (Å²) in [4.78, 5) is 26.9. The first-order valence-corrected chi connectivity index (χ1v) is 9.67. The van der Waals surface area contributed by atoms with Gasteiger partial charge in [-0.1, -0.05) is 54.6 Å². The second-order valence-electron chi connectivity index (χ2n) is 6.65. The molecule has 5 heteroatoms. The van der Waals surface area contributed by atoms with E-state index in [1.165, 1.54) is 0 Å². The topological polar surface area (TPSA) is 61.4 Å². The number of hydrogen-bond donors (Lipinski definition) is 2. The van der Waals surface area contributed by atoms with E-state index in [-0.39, 0.29) is 18.4 Å². The van der Waals surface area contributed by atoms with Gasteiger partial charge in [-0.2, -0.15) is 0 Å². The lowest BCUT2D eigenvalue weighted by molar-refractivity contribution is -0.115. The molecule has 2 N–H and O–H groups in total. The van der Waals surface area contributed by atoms with Crippen LogP contribution in [0.15, 0.2) is 84.9 Å². The monoisotopic (exact) mass is 387 g/mol. The predicted molar refractivity (Wildman–Crippen MR) is 117 cm³/mol. The van der Waals surface area contributed by atoms with Gasteiger partial charge in [0, 0.05) is 30.0 Å². The molecule has 2 amide bonds. The van der Waals surface area contributed by atoms with Crippen molar-refractivity contribution in [2.24, 2.45) is 0 Å². The molecule has 0 spiro atoms. The molecule has 0 aliphatic carbocycles. The molecule has 0 aliphatic heterocycles. The van der Waals surface area contributed by atoms with Gasteiger partial charge in [0.1, 0.15) is 0 Å². The van der Waals surface area contributed by atoms with Crippen LogP contribution < -0.4 is 15.5 Å². The molecule has 0 saturated heterocycles. The van der Waals surface area contributed by atoms with Gasteiger partial charge in [0.15, 0.2) is 0 Å². The molecule has 0 saturated carbocycles. The first kappa shape index (κ1) is 20.1. The molecule has 148 valence electrons. The number of nitrogens with zero attached hydrogens (tertiary/aromatic N) is 1. The van der Waals surface area contributed by atoms with Gasteiger partial charge in [0.2, 0.25) is 5.91 Å². The van der Waals surface area contributed by atoms with E-state index < -0.39 is 0 Å². The highest BCUT2D eigenvalue weighted by Gasteiger charge is 2.11. The number of carbonyl (C=O) groups is 2. The molecular formula is C24H25N3O2. The van der Waals surface area contributed by atoms with Crippen molar-refractivity contribution in [1.29, 1.82) is 0 Å². The van der Waals surface area contributed by atoms with Crippen LogP contribution in [0.1, 0.15) is 22.8 Å². The minimum Gasteiger partial charge on any atom is -0.362 e. The molecule has 0 bridgehead atoms. The molecule has 29 heavy (non-hydrogen) atoms. The van der Waals surface area contributed by atoms with Crippen molar-refractivity contribution in [3.63, 3.8) is 0 Å². The summed E-state index contributed by atoms with van der Waals surface area (Å²) in [5.41, 5.74) is 3.14. The van der Waals surface area contributed by atoms with E-state index in [0.29, 0.717) is 17.8 Å². The zero-order chi connectivity index (χ0) is 20.5. The van der Waals surface area contributed by atoms with Gasteiger partial charge >= 0.3 is 0 Å². The van der Waals surface area contributed by atoms with Crippen molar-refractivity contribution in [2.45, 2.75) is 13.5 Å². The minimum atomic E-state index is -0.176. The summed E-state index contributed by atoms with van der Waals surface area (Å²) in [6, 6.07) is 26.5. The lowest BCUT2D eigenvalue weighted by Gasteiger charge is -2.22. The van der Waals surface area contributed by atoms with E-state index >= 15 is 0 Å². The normalized spacial score (nSPS) is 10.2. The van der Waals surface area contributed by atoms with Crippen LogP contribution in [0, 0.1) is 0 Å². The van der Waals surface area contributed by atoms with Crippen LogP contribution in [0.5, 0.6) is 0 Å². The zero-order valence-corrected chi connectivity index (χ0v) is 16.5. The molecule has 0 radical (unpaired) electrons. The van der Waals surface area contributed by atoms with E-state index in [0.717, 1.165) is 17.8 Å². The van der Waals surface area contributed by atoms with Gasteiger partial charge < -0.3 is 15.5 Å². The van der Waals surface area contributed by atoms with E-state index in [1.807, 2.05) is 72.5 Å². The number of likely N-dealkylation sites (N-methyl/N-ethyl adjacent to an activating group) is 1. The van der Waals surface area contributed by atoms with Gasteiger partial charge in [0.05, 0.1) is 6.54 Å². The summed E-state index contributed by atoms with van der Waals surface area (Å²) in [6.45, 7) is 3.43. The van der Waals surface area contributed by atoms with Gasteiger partial charge in [-0.05, 0) is 42.8 Å². The van der Waals surface area contributed by atoms with Crippen molar-refractivity contribution in [3.05, 3.63) is 96.1 Å². The first-order chi connectivity index (χ1) is 14.2. The van der Waals surface area contributed by atoms with Crippen LogP contribution in [0.3, 0.4) is 0 Å². The standard InChI is InChI=1S/C24H25N3O2/c1-2-27(22-14-7-4-8-15-22)18-23(28)26-21-13-9-12-20(16-21)24(29)25-17-19-10-5-3-6-11-19/h3-16H,2,17-18H2,1H3,(H,25,29)(H,26,28). The first-order valence-electron chi connectivity index (χ1n) is 9.67. The van der Waals surface area contributed by atoms with Crippen LogP contribution in [0.25, 0.3) is 0 Å². The third-order valence-electron chi connectivity index (χ3n) is 4.54. The number of nitrogens with one attached hydrogen (secondary N) is 2. The number of rotatable bonds is 8. The molecule has 0 fully saturated rings. The third-order valence-corrected chi connectivity index (χ3v) is 4.54. The third kappa shape index (κ3) is 5.94. The van der Waals surface area contributed by atoms with Gasteiger partial charge in [-0.15, -0.1) is 0 Å². The van der Waals surface area contributed by atoms with Gasteiger partial charge in [0.25, 0.3) is 5.91 Å². The highest BCUT2D eigenvalue weighted by molar-refractivity contribution is 5.98. The Bertz CT molecular complexity index is 943. The summed E-state index contributed by atoms with van der Waals surface area (Å²) < 4.78 is 0. The van der Waals surface area contributed by atoms with Crippen molar-refractivity contribution >= 4 is 23.2 Å². The zero-order valence-electron chi connectivity index (χ0n) is 16.5. The maximum Gasteiger partial charge on any atom is 0.251 e. The number of anilines is 2. The number of hydrogen-bond acceptors (Lipinski definition) is 3.